The molecule has 0 aromatic heterocycles. The van der Waals surface area contributed by atoms with Crippen LogP contribution in [0.5, 0.6) is 0 Å². The molecule has 1 aliphatic rings. The van der Waals surface area contributed by atoms with Gasteiger partial charge in [-0.05, 0) is 13.3 Å². The van der Waals surface area contributed by atoms with E-state index < -0.39 is 0 Å². The van der Waals surface area contributed by atoms with Crippen molar-refractivity contribution < 1.29 is 14.6 Å². The van der Waals surface area contributed by atoms with E-state index >= 15 is 0 Å². The SMILES string of the molecule is CC(OCCO)N1CCCC1=O. The van der Waals surface area contributed by atoms with Crippen LogP contribution in [0, 0.1) is 0 Å². The Hall–Kier alpha value is -0.610. The summed E-state index contributed by atoms with van der Waals surface area (Å²) in [5, 5.41) is 8.50. The van der Waals surface area contributed by atoms with Crippen molar-refractivity contribution in [1.29, 1.82) is 0 Å². The second kappa shape index (κ2) is 4.42. The highest BCUT2D eigenvalue weighted by Gasteiger charge is 2.24. The Morgan fingerprint density at radius 1 is 1.75 bits per heavy atom. The van der Waals surface area contributed by atoms with E-state index in [1.54, 1.807) is 4.90 Å². The molecule has 0 spiro atoms. The van der Waals surface area contributed by atoms with Crippen LogP contribution in [0.2, 0.25) is 0 Å². The number of amides is 1. The van der Waals surface area contributed by atoms with Crippen molar-refractivity contribution in [2.75, 3.05) is 19.8 Å². The van der Waals surface area contributed by atoms with E-state index in [2.05, 4.69) is 0 Å². The second-order valence-electron chi connectivity index (χ2n) is 2.88. The molecule has 0 saturated carbocycles. The Bertz CT molecular complexity index is 160. The first kappa shape index (κ1) is 9.48. The van der Waals surface area contributed by atoms with E-state index in [0.29, 0.717) is 13.0 Å². The van der Waals surface area contributed by atoms with Crippen LogP contribution in [0.4, 0.5) is 0 Å². The first-order valence-corrected chi connectivity index (χ1v) is 4.27. The van der Waals surface area contributed by atoms with Crippen LogP contribution >= 0.6 is 0 Å². The number of likely N-dealkylation sites (tertiary alicyclic amines) is 1. The standard InChI is InChI=1S/C8H15NO3/c1-7(12-6-5-10)9-4-2-3-8(9)11/h7,10H,2-6H2,1H3. The molecule has 70 valence electrons. The Morgan fingerprint density at radius 3 is 3.00 bits per heavy atom. The fourth-order valence-electron chi connectivity index (χ4n) is 1.37. The van der Waals surface area contributed by atoms with E-state index in [9.17, 15) is 4.79 Å². The zero-order valence-corrected chi connectivity index (χ0v) is 7.32. The molecule has 1 rings (SSSR count). The van der Waals surface area contributed by atoms with Gasteiger partial charge in [-0.1, -0.05) is 0 Å². The van der Waals surface area contributed by atoms with Crippen molar-refractivity contribution >= 4 is 5.91 Å². The van der Waals surface area contributed by atoms with Crippen molar-refractivity contribution in [3.8, 4) is 0 Å². The molecule has 0 aliphatic carbocycles. The fraction of sp³-hybridized carbons (Fsp3) is 0.875. The number of aliphatic hydroxyl groups is 1. The second-order valence-corrected chi connectivity index (χ2v) is 2.88. The number of rotatable bonds is 4. The van der Waals surface area contributed by atoms with Crippen LogP contribution < -0.4 is 0 Å². The molecule has 1 aliphatic heterocycles. The normalized spacial score (nSPS) is 20.2. The molecule has 1 fully saturated rings. The van der Waals surface area contributed by atoms with E-state index in [4.69, 9.17) is 9.84 Å². The summed E-state index contributed by atoms with van der Waals surface area (Å²) in [4.78, 5) is 12.9. The number of ether oxygens (including phenoxy) is 1. The van der Waals surface area contributed by atoms with Gasteiger partial charge in [-0.2, -0.15) is 0 Å². The average Bonchev–Trinajstić information content (AvgIpc) is 2.47. The van der Waals surface area contributed by atoms with E-state index in [0.717, 1.165) is 13.0 Å². The number of hydrogen-bond acceptors (Lipinski definition) is 3. The van der Waals surface area contributed by atoms with Crippen molar-refractivity contribution in [2.45, 2.75) is 26.0 Å². The summed E-state index contributed by atoms with van der Waals surface area (Å²) in [6.07, 6.45) is 1.37. The topological polar surface area (TPSA) is 49.8 Å². The van der Waals surface area contributed by atoms with Gasteiger partial charge in [0.1, 0.15) is 6.23 Å². The van der Waals surface area contributed by atoms with E-state index in [1.165, 1.54) is 0 Å². The third-order valence-corrected chi connectivity index (χ3v) is 2.00. The minimum atomic E-state index is -0.188. The van der Waals surface area contributed by atoms with Gasteiger partial charge >= 0.3 is 0 Å². The predicted octanol–water partition coefficient (Wildman–Crippen LogP) is -0.0363. The minimum Gasteiger partial charge on any atom is -0.394 e. The van der Waals surface area contributed by atoms with Crippen molar-refractivity contribution in [3.05, 3.63) is 0 Å². The monoisotopic (exact) mass is 173 g/mol. The summed E-state index contributed by atoms with van der Waals surface area (Å²) in [5.74, 6) is 0.153. The molecule has 0 radical (unpaired) electrons. The van der Waals surface area contributed by atoms with Gasteiger partial charge in [0, 0.05) is 13.0 Å². The minimum absolute atomic E-state index is 0.00632. The van der Waals surface area contributed by atoms with Crippen LogP contribution in [0.1, 0.15) is 19.8 Å². The number of hydrogen-bond donors (Lipinski definition) is 1. The van der Waals surface area contributed by atoms with Crippen LogP contribution in [0.15, 0.2) is 0 Å². The molecule has 1 heterocycles. The van der Waals surface area contributed by atoms with Crippen molar-refractivity contribution in [2.24, 2.45) is 0 Å². The smallest absolute Gasteiger partial charge is 0.224 e. The number of carbonyl (C=O) groups excluding carboxylic acids is 1. The summed E-state index contributed by atoms with van der Waals surface area (Å²) in [5.41, 5.74) is 0. The lowest BCUT2D eigenvalue weighted by molar-refractivity contribution is -0.140. The highest BCUT2D eigenvalue weighted by Crippen LogP contribution is 2.13. The molecule has 1 amide bonds. The molecule has 1 unspecified atom stereocenters. The Labute approximate surface area is 72.1 Å². The van der Waals surface area contributed by atoms with Gasteiger partial charge in [-0.15, -0.1) is 0 Å². The van der Waals surface area contributed by atoms with Crippen molar-refractivity contribution in [3.63, 3.8) is 0 Å². The molecule has 12 heavy (non-hydrogen) atoms. The van der Waals surface area contributed by atoms with Gasteiger partial charge < -0.3 is 14.7 Å². The van der Waals surface area contributed by atoms with Gasteiger partial charge in [0.15, 0.2) is 0 Å². The zero-order chi connectivity index (χ0) is 8.97. The van der Waals surface area contributed by atoms with E-state index in [1.807, 2.05) is 6.92 Å². The summed E-state index contributed by atoms with van der Waals surface area (Å²) < 4.78 is 5.20. The molecule has 0 aromatic carbocycles. The molecule has 1 N–H and O–H groups in total. The summed E-state index contributed by atoms with van der Waals surface area (Å²) in [6, 6.07) is 0. The lowest BCUT2D eigenvalue weighted by atomic mass is 10.4. The molecule has 4 nitrogen and oxygen atoms in total. The maximum absolute atomic E-state index is 11.2. The lowest BCUT2D eigenvalue weighted by Crippen LogP contribution is -2.36. The molecule has 1 atom stereocenters. The summed E-state index contributed by atoms with van der Waals surface area (Å²) in [7, 11) is 0. The van der Waals surface area contributed by atoms with Crippen molar-refractivity contribution in [1.82, 2.24) is 4.90 Å². The van der Waals surface area contributed by atoms with Gasteiger partial charge in [0.05, 0.1) is 13.2 Å². The number of carbonyl (C=O) groups is 1. The average molecular weight is 173 g/mol. The Kier molecular flexibility index (Phi) is 3.49. The van der Waals surface area contributed by atoms with Gasteiger partial charge in [0.2, 0.25) is 5.91 Å². The molecule has 4 heteroatoms. The maximum Gasteiger partial charge on any atom is 0.224 e. The molecule has 0 bridgehead atoms. The van der Waals surface area contributed by atoms with Crippen LogP contribution in [0.25, 0.3) is 0 Å². The number of nitrogens with zero attached hydrogens (tertiary/aromatic N) is 1. The third-order valence-electron chi connectivity index (χ3n) is 2.00. The fourth-order valence-corrected chi connectivity index (χ4v) is 1.37. The van der Waals surface area contributed by atoms with Gasteiger partial charge in [-0.25, -0.2) is 0 Å². The molecule has 0 aromatic rings. The molecular formula is C8H15NO3. The first-order chi connectivity index (χ1) is 5.75. The van der Waals surface area contributed by atoms with Crippen LogP contribution in [-0.4, -0.2) is 41.9 Å². The Morgan fingerprint density at radius 2 is 2.50 bits per heavy atom. The van der Waals surface area contributed by atoms with Gasteiger partial charge in [0.25, 0.3) is 0 Å². The van der Waals surface area contributed by atoms with E-state index in [-0.39, 0.29) is 18.7 Å². The number of aliphatic hydroxyl groups excluding tert-OH is 1. The summed E-state index contributed by atoms with van der Waals surface area (Å²) in [6.45, 7) is 2.92. The largest absolute Gasteiger partial charge is 0.394 e. The quantitative estimate of drug-likeness (QED) is 0.649. The van der Waals surface area contributed by atoms with Crippen LogP contribution in [0.3, 0.4) is 0 Å². The highest BCUT2D eigenvalue weighted by atomic mass is 16.5. The summed E-state index contributed by atoms with van der Waals surface area (Å²) >= 11 is 0. The Balaban J connectivity index is 2.30. The van der Waals surface area contributed by atoms with Crippen LogP contribution in [-0.2, 0) is 9.53 Å². The highest BCUT2D eigenvalue weighted by molar-refractivity contribution is 5.78. The predicted molar refractivity (Wildman–Crippen MR) is 43.4 cm³/mol. The molecule has 1 saturated heterocycles. The zero-order valence-electron chi connectivity index (χ0n) is 7.32. The molecular weight excluding hydrogens is 158 g/mol. The maximum atomic E-state index is 11.2. The first-order valence-electron chi connectivity index (χ1n) is 4.27. The lowest BCUT2D eigenvalue weighted by Gasteiger charge is -2.23. The third kappa shape index (κ3) is 2.19. The van der Waals surface area contributed by atoms with Gasteiger partial charge in [-0.3, -0.25) is 4.79 Å².